The summed E-state index contributed by atoms with van der Waals surface area (Å²) in [6, 6.07) is 4.92. The number of nitrogens with one attached hydrogen (secondary N) is 2. The zero-order chi connectivity index (χ0) is 10.7. The van der Waals surface area contributed by atoms with E-state index in [1.807, 2.05) is 0 Å². The summed E-state index contributed by atoms with van der Waals surface area (Å²) in [5.74, 6) is 0. The highest BCUT2D eigenvalue weighted by molar-refractivity contribution is 6.58. The highest BCUT2D eigenvalue weighted by Crippen LogP contribution is 2.13. The smallest absolute Gasteiger partial charge is 0.423 e. The molecule has 14 heavy (non-hydrogen) atoms. The van der Waals surface area contributed by atoms with Crippen LogP contribution in [0.2, 0.25) is 0 Å². The quantitative estimate of drug-likeness (QED) is 0.395. The van der Waals surface area contributed by atoms with Crippen molar-refractivity contribution in [1.82, 2.24) is 0 Å². The topological polar surface area (TPSA) is 76.3 Å². The highest BCUT2D eigenvalue weighted by Gasteiger charge is 2.13. The van der Waals surface area contributed by atoms with E-state index in [1.54, 1.807) is 32.2 Å². The normalized spacial score (nSPS) is 9.71. The summed E-state index contributed by atoms with van der Waals surface area (Å²) in [7, 11) is 0.261. The van der Waals surface area contributed by atoms with E-state index in [-0.39, 0.29) is 0 Å². The van der Waals surface area contributed by atoms with E-state index in [4.69, 9.17) is 15.5 Å². The van der Waals surface area contributed by atoms with Crippen molar-refractivity contribution >= 4 is 24.0 Å². The van der Waals surface area contributed by atoms with Gasteiger partial charge >= 0.3 is 7.12 Å². The van der Waals surface area contributed by atoms with Crippen LogP contribution in [0, 0.1) is 5.41 Å². The van der Waals surface area contributed by atoms with Crippen molar-refractivity contribution in [2.45, 2.75) is 6.92 Å². The first-order chi connectivity index (χ1) is 6.56. The number of benzene rings is 1. The van der Waals surface area contributed by atoms with Crippen LogP contribution in [0.5, 0.6) is 0 Å². The van der Waals surface area contributed by atoms with E-state index < -0.39 is 7.12 Å². The largest absolute Gasteiger partial charge is 0.488 e. The lowest BCUT2D eigenvalue weighted by molar-refractivity contribution is 0.426. The van der Waals surface area contributed by atoms with Gasteiger partial charge in [-0.3, -0.25) is 0 Å². The maximum absolute atomic E-state index is 8.95. The molecule has 0 fully saturated rings. The molecule has 0 amide bonds. The fourth-order valence-electron chi connectivity index (χ4n) is 1.26. The Balaban J connectivity index is 3.18. The third kappa shape index (κ3) is 2.13. The van der Waals surface area contributed by atoms with Gasteiger partial charge in [0.05, 0.1) is 0 Å². The van der Waals surface area contributed by atoms with E-state index >= 15 is 0 Å². The molecule has 4 N–H and O–H groups in total. The fraction of sp³-hybridized carbons (Fsp3) is 0.222. The van der Waals surface area contributed by atoms with Crippen LogP contribution in [0.25, 0.3) is 0 Å². The second-order valence-electron chi connectivity index (χ2n) is 3.05. The summed E-state index contributed by atoms with van der Waals surface area (Å²) in [5, 5.41) is 28.3. The third-order valence-corrected chi connectivity index (χ3v) is 2.02. The molecule has 4 nitrogen and oxygen atoms in total. The molecule has 0 bridgehead atoms. The molecule has 1 aromatic rings. The van der Waals surface area contributed by atoms with Crippen LogP contribution in [0.1, 0.15) is 12.5 Å². The number of anilines is 1. The fourth-order valence-corrected chi connectivity index (χ4v) is 1.26. The third-order valence-electron chi connectivity index (χ3n) is 2.02. The van der Waals surface area contributed by atoms with E-state index in [0.29, 0.717) is 11.2 Å². The Bertz CT molecular complexity index is 353. The van der Waals surface area contributed by atoms with Gasteiger partial charge in [-0.05, 0) is 18.5 Å². The molecule has 0 saturated heterocycles. The second-order valence-corrected chi connectivity index (χ2v) is 3.05. The minimum absolute atomic E-state index is 0.416. The molecule has 1 rings (SSSR count). The van der Waals surface area contributed by atoms with Crippen molar-refractivity contribution in [1.29, 1.82) is 5.41 Å². The molecular weight excluding hydrogens is 179 g/mol. The molecule has 74 valence electrons. The molecule has 0 radical (unpaired) electrons. The highest BCUT2D eigenvalue weighted by atomic mass is 16.4. The lowest BCUT2D eigenvalue weighted by atomic mass is 9.79. The average molecular weight is 192 g/mol. The Kier molecular flexibility index (Phi) is 3.27. The Hall–Kier alpha value is -1.33. The lowest BCUT2D eigenvalue weighted by Gasteiger charge is -2.09. The van der Waals surface area contributed by atoms with Crippen LogP contribution in [-0.2, 0) is 0 Å². The van der Waals surface area contributed by atoms with Crippen molar-refractivity contribution in [3.05, 3.63) is 23.8 Å². The molecule has 0 atom stereocenters. The van der Waals surface area contributed by atoms with Crippen molar-refractivity contribution in [2.75, 3.05) is 12.4 Å². The van der Waals surface area contributed by atoms with Crippen molar-refractivity contribution in [2.24, 2.45) is 0 Å². The first-order valence-electron chi connectivity index (χ1n) is 4.29. The van der Waals surface area contributed by atoms with Gasteiger partial charge in [0.2, 0.25) is 0 Å². The molecule has 0 aliphatic carbocycles. The minimum Gasteiger partial charge on any atom is -0.423 e. The van der Waals surface area contributed by atoms with E-state index in [1.165, 1.54) is 0 Å². The lowest BCUT2D eigenvalue weighted by Crippen LogP contribution is -2.30. The van der Waals surface area contributed by atoms with Gasteiger partial charge in [0, 0.05) is 24.0 Å². The monoisotopic (exact) mass is 192 g/mol. The van der Waals surface area contributed by atoms with Crippen molar-refractivity contribution in [3.63, 3.8) is 0 Å². The number of hydrogen-bond donors (Lipinski definition) is 4. The summed E-state index contributed by atoms with van der Waals surface area (Å²) < 4.78 is 0. The van der Waals surface area contributed by atoms with E-state index in [9.17, 15) is 0 Å². The van der Waals surface area contributed by atoms with Crippen LogP contribution in [0.3, 0.4) is 0 Å². The van der Waals surface area contributed by atoms with Crippen LogP contribution in [0.4, 0.5) is 5.69 Å². The van der Waals surface area contributed by atoms with Gasteiger partial charge in [-0.2, -0.15) is 0 Å². The van der Waals surface area contributed by atoms with Gasteiger partial charge in [-0.1, -0.05) is 12.1 Å². The van der Waals surface area contributed by atoms with Gasteiger partial charge in [0.25, 0.3) is 0 Å². The number of rotatable bonds is 3. The van der Waals surface area contributed by atoms with E-state index in [2.05, 4.69) is 5.32 Å². The molecule has 1 aromatic carbocycles. The standard InChI is InChI=1S/C9H13BN2O2/c1-6(11)8-4-3-7(10(13)14)5-9(8)12-2/h3-5,11-14H,1-2H3. The molecule has 0 aromatic heterocycles. The maximum Gasteiger partial charge on any atom is 0.488 e. The van der Waals surface area contributed by atoms with Crippen LogP contribution >= 0.6 is 0 Å². The maximum atomic E-state index is 8.95. The minimum atomic E-state index is -1.47. The first kappa shape index (κ1) is 10.8. The zero-order valence-electron chi connectivity index (χ0n) is 8.20. The first-order valence-corrected chi connectivity index (χ1v) is 4.29. The Labute approximate surface area is 83.2 Å². The van der Waals surface area contributed by atoms with Crippen LogP contribution in [-0.4, -0.2) is 29.9 Å². The predicted molar refractivity (Wildman–Crippen MR) is 58.3 cm³/mol. The molecule has 0 saturated carbocycles. The SMILES string of the molecule is CNc1cc(B(O)O)ccc1C(C)=N. The van der Waals surface area contributed by atoms with Crippen LogP contribution in [0.15, 0.2) is 18.2 Å². The summed E-state index contributed by atoms with van der Waals surface area (Å²) in [4.78, 5) is 0. The van der Waals surface area contributed by atoms with Crippen LogP contribution < -0.4 is 10.8 Å². The summed E-state index contributed by atoms with van der Waals surface area (Å²) in [5.41, 5.74) is 2.34. The Morgan fingerprint density at radius 2 is 2.07 bits per heavy atom. The summed E-state index contributed by atoms with van der Waals surface area (Å²) in [6.45, 7) is 1.69. The van der Waals surface area contributed by atoms with E-state index in [0.717, 1.165) is 11.3 Å². The second kappa shape index (κ2) is 4.26. The Morgan fingerprint density at radius 1 is 1.43 bits per heavy atom. The van der Waals surface area contributed by atoms with Gasteiger partial charge in [0.1, 0.15) is 0 Å². The van der Waals surface area contributed by atoms with Gasteiger partial charge in [0.15, 0.2) is 0 Å². The molecule has 0 unspecified atom stereocenters. The van der Waals surface area contributed by atoms with Gasteiger partial charge < -0.3 is 20.8 Å². The average Bonchev–Trinajstić information content (AvgIpc) is 2.16. The van der Waals surface area contributed by atoms with Crippen molar-refractivity contribution < 1.29 is 10.0 Å². The van der Waals surface area contributed by atoms with Gasteiger partial charge in [-0.25, -0.2) is 0 Å². The molecule has 0 aliphatic heterocycles. The molecule has 5 heteroatoms. The van der Waals surface area contributed by atoms with Gasteiger partial charge in [-0.15, -0.1) is 0 Å². The number of hydrogen-bond acceptors (Lipinski definition) is 4. The molecule has 0 spiro atoms. The van der Waals surface area contributed by atoms with Crippen molar-refractivity contribution in [3.8, 4) is 0 Å². The zero-order valence-corrected chi connectivity index (χ0v) is 8.20. The molecule has 0 aliphatic rings. The Morgan fingerprint density at radius 3 is 2.50 bits per heavy atom. The summed E-state index contributed by atoms with van der Waals surface area (Å²) in [6.07, 6.45) is 0. The predicted octanol–water partition coefficient (Wildman–Crippen LogP) is -0.204. The molecular formula is C9H13BN2O2. The molecule has 0 heterocycles. The summed E-state index contributed by atoms with van der Waals surface area (Å²) >= 11 is 0.